The van der Waals surface area contributed by atoms with Gasteiger partial charge < -0.3 is 5.32 Å². The van der Waals surface area contributed by atoms with Crippen molar-refractivity contribution in [2.24, 2.45) is 11.3 Å². The van der Waals surface area contributed by atoms with Gasteiger partial charge in [-0.05, 0) is 43.6 Å². The Morgan fingerprint density at radius 1 is 1.46 bits per heavy atom. The van der Waals surface area contributed by atoms with Crippen LogP contribution in [0, 0.1) is 11.3 Å². The molecule has 0 aromatic rings. The third kappa shape index (κ3) is 3.30. The van der Waals surface area contributed by atoms with Crippen molar-refractivity contribution in [1.29, 1.82) is 0 Å². The molecule has 1 rings (SSSR count). The van der Waals surface area contributed by atoms with Crippen LogP contribution in [0.25, 0.3) is 0 Å². The number of nitrogens with one attached hydrogen (secondary N) is 1. The molecule has 13 heavy (non-hydrogen) atoms. The quantitative estimate of drug-likeness (QED) is 0.706. The second-order valence-corrected chi connectivity index (χ2v) is 5.41. The Balaban J connectivity index is 2.37. The molecule has 0 spiro atoms. The largest absolute Gasteiger partial charge is 0.314 e. The van der Waals surface area contributed by atoms with Crippen molar-refractivity contribution < 1.29 is 0 Å². The number of rotatable bonds is 4. The fourth-order valence-electron chi connectivity index (χ4n) is 2.96. The Morgan fingerprint density at radius 2 is 2.15 bits per heavy atom. The topological polar surface area (TPSA) is 12.0 Å². The molecule has 0 bridgehead atoms. The molecular formula is C12H25N. The Morgan fingerprint density at radius 3 is 2.69 bits per heavy atom. The van der Waals surface area contributed by atoms with Crippen LogP contribution >= 0.6 is 0 Å². The van der Waals surface area contributed by atoms with Crippen LogP contribution in [-0.4, -0.2) is 12.6 Å². The predicted molar refractivity (Wildman–Crippen MR) is 58.9 cm³/mol. The molecule has 2 unspecified atom stereocenters. The molecule has 1 nitrogen and oxygen atoms in total. The van der Waals surface area contributed by atoms with Crippen molar-refractivity contribution in [3.63, 3.8) is 0 Å². The Labute approximate surface area is 83.3 Å². The molecule has 0 aromatic carbocycles. The Hall–Kier alpha value is -0.0400. The predicted octanol–water partition coefficient (Wildman–Crippen LogP) is 3.20. The molecule has 1 aliphatic carbocycles. The van der Waals surface area contributed by atoms with Crippen molar-refractivity contribution >= 4 is 0 Å². The number of hydrogen-bond acceptors (Lipinski definition) is 1. The van der Waals surface area contributed by atoms with E-state index in [4.69, 9.17) is 0 Å². The van der Waals surface area contributed by atoms with Gasteiger partial charge in [-0.1, -0.05) is 27.7 Å². The van der Waals surface area contributed by atoms with E-state index in [-0.39, 0.29) is 0 Å². The first-order valence-electron chi connectivity index (χ1n) is 5.79. The second kappa shape index (κ2) is 4.45. The Bertz CT molecular complexity index is 153. The molecule has 2 atom stereocenters. The zero-order valence-corrected chi connectivity index (χ0v) is 9.69. The molecule has 0 aliphatic heterocycles. The van der Waals surface area contributed by atoms with Crippen LogP contribution in [0.5, 0.6) is 0 Å². The van der Waals surface area contributed by atoms with Gasteiger partial charge in [0, 0.05) is 6.04 Å². The molecule has 1 N–H and O–H groups in total. The van der Waals surface area contributed by atoms with Gasteiger partial charge in [-0.15, -0.1) is 0 Å². The standard InChI is InChI=1S/C12H25N/c1-5-13-11-6-7-12(4,9-11)8-10(2)3/h10-11,13H,5-9H2,1-4H3. The lowest BCUT2D eigenvalue weighted by molar-refractivity contribution is 0.258. The van der Waals surface area contributed by atoms with Crippen molar-refractivity contribution in [2.75, 3.05) is 6.54 Å². The van der Waals surface area contributed by atoms with Gasteiger partial charge in [0.25, 0.3) is 0 Å². The van der Waals surface area contributed by atoms with E-state index in [1.807, 2.05) is 0 Å². The first-order valence-corrected chi connectivity index (χ1v) is 5.79. The highest BCUT2D eigenvalue weighted by molar-refractivity contribution is 4.89. The normalized spacial score (nSPS) is 34.4. The van der Waals surface area contributed by atoms with Crippen LogP contribution in [0.1, 0.15) is 53.4 Å². The summed E-state index contributed by atoms with van der Waals surface area (Å²) in [7, 11) is 0. The van der Waals surface area contributed by atoms with Gasteiger partial charge in [0.2, 0.25) is 0 Å². The van der Waals surface area contributed by atoms with Crippen LogP contribution in [0.15, 0.2) is 0 Å². The molecule has 0 aromatic heterocycles. The minimum Gasteiger partial charge on any atom is -0.314 e. The SMILES string of the molecule is CCNC1CCC(C)(CC(C)C)C1. The van der Waals surface area contributed by atoms with Crippen LogP contribution in [-0.2, 0) is 0 Å². The summed E-state index contributed by atoms with van der Waals surface area (Å²) in [5.74, 6) is 0.852. The van der Waals surface area contributed by atoms with Crippen LogP contribution in [0.4, 0.5) is 0 Å². The van der Waals surface area contributed by atoms with Gasteiger partial charge in [-0.25, -0.2) is 0 Å². The highest BCUT2D eigenvalue weighted by Gasteiger charge is 2.34. The minimum absolute atomic E-state index is 0.626. The zero-order valence-electron chi connectivity index (χ0n) is 9.69. The first kappa shape index (κ1) is 11.0. The minimum atomic E-state index is 0.626. The average Bonchev–Trinajstić information content (AvgIpc) is 2.31. The van der Waals surface area contributed by atoms with Crippen molar-refractivity contribution in [2.45, 2.75) is 59.4 Å². The van der Waals surface area contributed by atoms with Gasteiger partial charge in [0.15, 0.2) is 0 Å². The maximum absolute atomic E-state index is 3.57. The fourth-order valence-corrected chi connectivity index (χ4v) is 2.96. The summed E-state index contributed by atoms with van der Waals surface area (Å²) in [4.78, 5) is 0. The van der Waals surface area contributed by atoms with Crippen LogP contribution < -0.4 is 5.32 Å². The van der Waals surface area contributed by atoms with E-state index >= 15 is 0 Å². The van der Waals surface area contributed by atoms with E-state index in [0.29, 0.717) is 5.41 Å². The van der Waals surface area contributed by atoms with Crippen molar-refractivity contribution in [3.05, 3.63) is 0 Å². The smallest absolute Gasteiger partial charge is 0.00723 e. The molecule has 1 aliphatic rings. The summed E-state index contributed by atoms with van der Waals surface area (Å²) in [5.41, 5.74) is 0.626. The van der Waals surface area contributed by atoms with Crippen LogP contribution in [0.3, 0.4) is 0 Å². The first-order chi connectivity index (χ1) is 6.06. The van der Waals surface area contributed by atoms with Crippen molar-refractivity contribution in [3.8, 4) is 0 Å². The molecule has 0 amide bonds. The third-order valence-corrected chi connectivity index (χ3v) is 3.23. The average molecular weight is 183 g/mol. The summed E-state index contributed by atoms with van der Waals surface area (Å²) in [6.45, 7) is 10.5. The summed E-state index contributed by atoms with van der Waals surface area (Å²) >= 11 is 0. The van der Waals surface area contributed by atoms with Gasteiger partial charge in [0.05, 0.1) is 0 Å². The lowest BCUT2D eigenvalue weighted by Crippen LogP contribution is -2.27. The monoisotopic (exact) mass is 183 g/mol. The molecule has 0 heterocycles. The summed E-state index contributed by atoms with van der Waals surface area (Å²) in [6, 6.07) is 0.800. The molecule has 78 valence electrons. The molecule has 0 saturated heterocycles. The van der Waals surface area contributed by atoms with Crippen LogP contribution in [0.2, 0.25) is 0 Å². The molecule has 1 fully saturated rings. The maximum Gasteiger partial charge on any atom is 0.00723 e. The number of hydrogen-bond donors (Lipinski definition) is 1. The zero-order chi connectivity index (χ0) is 9.90. The molecule has 1 heteroatoms. The fraction of sp³-hybridized carbons (Fsp3) is 1.00. The van der Waals surface area contributed by atoms with Gasteiger partial charge in [-0.2, -0.15) is 0 Å². The molecule has 1 saturated carbocycles. The lowest BCUT2D eigenvalue weighted by atomic mass is 9.80. The Kier molecular flexibility index (Phi) is 3.78. The molecular weight excluding hydrogens is 158 g/mol. The summed E-state index contributed by atoms with van der Waals surface area (Å²) in [5, 5.41) is 3.57. The summed E-state index contributed by atoms with van der Waals surface area (Å²) < 4.78 is 0. The second-order valence-electron chi connectivity index (χ2n) is 5.41. The van der Waals surface area contributed by atoms with Gasteiger partial charge in [0.1, 0.15) is 0 Å². The van der Waals surface area contributed by atoms with E-state index in [1.54, 1.807) is 0 Å². The van der Waals surface area contributed by atoms with Crippen molar-refractivity contribution in [1.82, 2.24) is 5.32 Å². The van der Waals surface area contributed by atoms with E-state index in [2.05, 4.69) is 33.0 Å². The van der Waals surface area contributed by atoms with E-state index in [1.165, 1.54) is 25.7 Å². The highest BCUT2D eigenvalue weighted by atomic mass is 14.9. The van der Waals surface area contributed by atoms with Gasteiger partial charge >= 0.3 is 0 Å². The van der Waals surface area contributed by atoms with Gasteiger partial charge in [-0.3, -0.25) is 0 Å². The highest BCUT2D eigenvalue weighted by Crippen LogP contribution is 2.42. The summed E-state index contributed by atoms with van der Waals surface area (Å²) in [6.07, 6.45) is 5.59. The van der Waals surface area contributed by atoms with E-state index in [0.717, 1.165) is 18.5 Å². The third-order valence-electron chi connectivity index (χ3n) is 3.23. The molecule has 0 radical (unpaired) electrons. The lowest BCUT2D eigenvalue weighted by Gasteiger charge is -2.26. The van der Waals surface area contributed by atoms with E-state index in [9.17, 15) is 0 Å². The van der Waals surface area contributed by atoms with E-state index < -0.39 is 0 Å². The maximum atomic E-state index is 3.57.